The van der Waals surface area contributed by atoms with Crippen LogP contribution in [0.15, 0.2) is 24.7 Å². The summed E-state index contributed by atoms with van der Waals surface area (Å²) in [7, 11) is 0. The second-order valence-electron chi connectivity index (χ2n) is 6.45. The van der Waals surface area contributed by atoms with Crippen LogP contribution in [0.2, 0.25) is 0 Å². The van der Waals surface area contributed by atoms with Gasteiger partial charge >= 0.3 is 0 Å². The first-order chi connectivity index (χ1) is 10.6. The first-order valence-corrected chi connectivity index (χ1v) is 7.56. The van der Waals surface area contributed by atoms with Gasteiger partial charge in [-0.3, -0.25) is 9.59 Å². The Morgan fingerprint density at radius 3 is 3.05 bits per heavy atom. The van der Waals surface area contributed by atoms with Crippen LogP contribution in [-0.2, 0) is 4.79 Å². The maximum atomic E-state index is 12.8. The van der Waals surface area contributed by atoms with E-state index in [1.54, 1.807) is 12.5 Å². The van der Waals surface area contributed by atoms with E-state index in [0.717, 1.165) is 24.2 Å². The molecule has 2 amide bonds. The third-order valence-electron chi connectivity index (χ3n) is 4.99. The monoisotopic (exact) mass is 298 g/mol. The number of imidazole rings is 1. The molecule has 114 valence electrons. The van der Waals surface area contributed by atoms with E-state index in [-0.39, 0.29) is 17.2 Å². The van der Waals surface area contributed by atoms with Crippen molar-refractivity contribution in [3.05, 3.63) is 35.9 Å². The number of carbonyl (C=O) groups excluding carboxylic acids is 2. The van der Waals surface area contributed by atoms with Crippen molar-refractivity contribution in [2.24, 2.45) is 5.41 Å². The lowest BCUT2D eigenvalue weighted by molar-refractivity contribution is -0.119. The Bertz CT molecular complexity index is 782. The van der Waals surface area contributed by atoms with E-state index < -0.39 is 0 Å². The lowest BCUT2D eigenvalue weighted by Crippen LogP contribution is -2.33. The molecular weight excluding hydrogens is 280 g/mol. The van der Waals surface area contributed by atoms with Crippen molar-refractivity contribution in [2.45, 2.75) is 19.8 Å². The zero-order valence-corrected chi connectivity index (χ0v) is 12.5. The predicted molar refractivity (Wildman–Crippen MR) is 80.5 cm³/mol. The maximum absolute atomic E-state index is 12.8. The fourth-order valence-electron chi connectivity index (χ4n) is 3.67. The van der Waals surface area contributed by atoms with E-state index in [4.69, 9.17) is 0 Å². The van der Waals surface area contributed by atoms with Crippen LogP contribution >= 0.6 is 0 Å². The van der Waals surface area contributed by atoms with E-state index in [2.05, 4.69) is 10.3 Å². The van der Waals surface area contributed by atoms with Crippen LogP contribution in [-0.4, -0.2) is 45.7 Å². The Kier molecular flexibility index (Phi) is 2.76. The molecule has 1 spiro atoms. The molecule has 0 aromatic carbocycles. The van der Waals surface area contributed by atoms with Crippen LogP contribution in [0.1, 0.15) is 28.9 Å². The van der Waals surface area contributed by atoms with Gasteiger partial charge in [-0.2, -0.15) is 0 Å². The Balaban J connectivity index is 1.61. The summed E-state index contributed by atoms with van der Waals surface area (Å²) >= 11 is 0. The third kappa shape index (κ3) is 1.90. The fraction of sp³-hybridized carbons (Fsp3) is 0.438. The molecule has 4 rings (SSSR count). The third-order valence-corrected chi connectivity index (χ3v) is 4.99. The lowest BCUT2D eigenvalue weighted by Gasteiger charge is -2.22. The minimum absolute atomic E-state index is 0.0457. The highest BCUT2D eigenvalue weighted by Gasteiger charge is 2.45. The number of fused-ring (bicyclic) bond motifs is 1. The van der Waals surface area contributed by atoms with E-state index in [0.29, 0.717) is 25.1 Å². The van der Waals surface area contributed by atoms with Gasteiger partial charge in [-0.1, -0.05) is 0 Å². The molecule has 1 N–H and O–H groups in total. The largest absolute Gasteiger partial charge is 0.355 e. The molecule has 22 heavy (non-hydrogen) atoms. The summed E-state index contributed by atoms with van der Waals surface area (Å²) < 4.78 is 1.93. The van der Waals surface area contributed by atoms with Crippen molar-refractivity contribution in [3.8, 4) is 0 Å². The van der Waals surface area contributed by atoms with Crippen LogP contribution in [0, 0.1) is 12.3 Å². The predicted octanol–water partition coefficient (Wildman–Crippen LogP) is 0.995. The minimum Gasteiger partial charge on any atom is -0.355 e. The van der Waals surface area contributed by atoms with Crippen molar-refractivity contribution in [3.63, 3.8) is 0 Å². The molecular formula is C16H18N4O2. The SMILES string of the molecule is Cc1c(C(=O)N2CCC3(CNC(=O)C3)C2)ccc2cncn12. The van der Waals surface area contributed by atoms with Crippen molar-refractivity contribution in [2.75, 3.05) is 19.6 Å². The quantitative estimate of drug-likeness (QED) is 0.854. The summed E-state index contributed by atoms with van der Waals surface area (Å²) in [5, 5.41) is 2.89. The van der Waals surface area contributed by atoms with Crippen LogP contribution in [0.3, 0.4) is 0 Å². The molecule has 1 atom stereocenters. The van der Waals surface area contributed by atoms with Crippen LogP contribution in [0.25, 0.3) is 5.52 Å². The molecule has 0 bridgehead atoms. The average Bonchev–Trinajstić information content (AvgIpc) is 3.20. The second kappa shape index (κ2) is 4.56. The normalized spacial score (nSPS) is 24.4. The highest BCUT2D eigenvalue weighted by atomic mass is 16.2. The van der Waals surface area contributed by atoms with Crippen LogP contribution in [0.5, 0.6) is 0 Å². The zero-order valence-electron chi connectivity index (χ0n) is 12.5. The van der Waals surface area contributed by atoms with E-state index in [1.807, 2.05) is 28.4 Å². The summed E-state index contributed by atoms with van der Waals surface area (Å²) in [6, 6.07) is 3.79. The first kappa shape index (κ1) is 13.3. The summed E-state index contributed by atoms with van der Waals surface area (Å²) in [5.41, 5.74) is 2.54. The molecule has 6 heteroatoms. The Hall–Kier alpha value is -2.37. The van der Waals surface area contributed by atoms with E-state index in [9.17, 15) is 9.59 Å². The molecule has 2 saturated heterocycles. The molecule has 0 radical (unpaired) electrons. The molecule has 1 unspecified atom stereocenters. The number of rotatable bonds is 1. The fourth-order valence-corrected chi connectivity index (χ4v) is 3.67. The molecule has 2 aromatic heterocycles. The summed E-state index contributed by atoms with van der Waals surface area (Å²) in [4.78, 5) is 30.3. The van der Waals surface area contributed by atoms with Gasteiger partial charge in [-0.15, -0.1) is 0 Å². The highest BCUT2D eigenvalue weighted by molar-refractivity contribution is 5.96. The summed E-state index contributed by atoms with van der Waals surface area (Å²) in [5.74, 6) is 0.148. The van der Waals surface area contributed by atoms with Gasteiger partial charge in [0.25, 0.3) is 5.91 Å². The topological polar surface area (TPSA) is 66.7 Å². The standard InChI is InChI=1S/C16H18N4O2/c1-11-13(3-2-12-7-17-10-20(11)12)15(22)19-5-4-16(9-19)6-14(21)18-8-16/h2-3,7,10H,4-6,8-9H2,1H3,(H,18,21). The van der Waals surface area contributed by atoms with Gasteiger partial charge in [0.2, 0.25) is 5.91 Å². The van der Waals surface area contributed by atoms with Gasteiger partial charge in [-0.05, 0) is 25.5 Å². The zero-order chi connectivity index (χ0) is 15.3. The van der Waals surface area contributed by atoms with Crippen molar-refractivity contribution in [1.82, 2.24) is 19.6 Å². The Morgan fingerprint density at radius 1 is 1.41 bits per heavy atom. The number of likely N-dealkylation sites (tertiary alicyclic amines) is 1. The van der Waals surface area contributed by atoms with Gasteiger partial charge in [0.15, 0.2) is 0 Å². The van der Waals surface area contributed by atoms with Gasteiger partial charge in [0.05, 0.1) is 23.6 Å². The van der Waals surface area contributed by atoms with Crippen molar-refractivity contribution in [1.29, 1.82) is 0 Å². The number of aromatic nitrogens is 2. The highest BCUT2D eigenvalue weighted by Crippen LogP contribution is 2.37. The van der Waals surface area contributed by atoms with E-state index >= 15 is 0 Å². The second-order valence-corrected chi connectivity index (χ2v) is 6.45. The van der Waals surface area contributed by atoms with Gasteiger partial charge < -0.3 is 14.6 Å². The molecule has 0 aliphatic carbocycles. The molecule has 2 fully saturated rings. The Morgan fingerprint density at radius 2 is 2.27 bits per heavy atom. The molecule has 2 aromatic rings. The number of carbonyl (C=O) groups is 2. The van der Waals surface area contributed by atoms with Crippen molar-refractivity contribution < 1.29 is 9.59 Å². The summed E-state index contributed by atoms with van der Waals surface area (Å²) in [6.07, 6.45) is 4.94. The summed E-state index contributed by atoms with van der Waals surface area (Å²) in [6.45, 7) is 4.00. The first-order valence-electron chi connectivity index (χ1n) is 7.56. The smallest absolute Gasteiger partial charge is 0.255 e. The molecule has 2 aliphatic rings. The number of nitrogens with zero attached hydrogens (tertiary/aromatic N) is 3. The van der Waals surface area contributed by atoms with Gasteiger partial charge in [0.1, 0.15) is 0 Å². The number of amides is 2. The van der Waals surface area contributed by atoms with Crippen LogP contribution < -0.4 is 5.32 Å². The minimum atomic E-state index is -0.0558. The van der Waals surface area contributed by atoms with E-state index in [1.165, 1.54) is 0 Å². The number of aryl methyl sites for hydroxylation is 1. The lowest BCUT2D eigenvalue weighted by atomic mass is 9.86. The van der Waals surface area contributed by atoms with Crippen molar-refractivity contribution >= 4 is 17.3 Å². The average molecular weight is 298 g/mol. The molecule has 6 nitrogen and oxygen atoms in total. The number of hydrogen-bond donors (Lipinski definition) is 1. The number of nitrogens with one attached hydrogen (secondary N) is 1. The Labute approximate surface area is 128 Å². The van der Waals surface area contributed by atoms with Gasteiger partial charge in [0, 0.05) is 37.2 Å². The molecule has 0 saturated carbocycles. The van der Waals surface area contributed by atoms with Crippen LogP contribution in [0.4, 0.5) is 0 Å². The molecule has 2 aliphatic heterocycles. The number of pyridine rings is 1. The van der Waals surface area contributed by atoms with Gasteiger partial charge in [-0.25, -0.2) is 4.98 Å². The molecule has 4 heterocycles. The maximum Gasteiger partial charge on any atom is 0.255 e. The number of hydrogen-bond acceptors (Lipinski definition) is 3.